The first-order chi connectivity index (χ1) is 15.3. The van der Waals surface area contributed by atoms with Gasteiger partial charge < -0.3 is 19.6 Å². The molecular formula is C21H27N5O5S. The predicted octanol–water partition coefficient (Wildman–Crippen LogP) is 0.104. The number of fused-ring (bicyclic) bond motifs is 4. The van der Waals surface area contributed by atoms with Gasteiger partial charge in [-0.05, 0) is 26.0 Å². The van der Waals surface area contributed by atoms with Crippen molar-refractivity contribution in [1.29, 1.82) is 0 Å². The fourth-order valence-electron chi connectivity index (χ4n) is 4.93. The number of hydrogen-bond acceptors (Lipinski definition) is 6. The standard InChI is InChI=1S/C21H27N5O5S/c1-4-6-13-7-8-15-19-18(20(28)22-5-2)14(11-27)16(9-25(15)21(13)29)26(19)32(30,31)17-10-24(3)12-23-17/h4,6-8,10,12,14,16,18-19,27H,5,9,11H2,1-3H3,(H,22,28)/b6-4-/t14-,16-,18+,19+/m0/s1. The molecule has 32 heavy (non-hydrogen) atoms. The van der Waals surface area contributed by atoms with Gasteiger partial charge in [0.25, 0.3) is 15.6 Å². The van der Waals surface area contributed by atoms with E-state index < -0.39 is 33.9 Å². The van der Waals surface area contributed by atoms with Gasteiger partial charge in [0.05, 0.1) is 18.3 Å². The van der Waals surface area contributed by atoms with Crippen LogP contribution < -0.4 is 10.9 Å². The number of aliphatic hydroxyl groups excluding tert-OH is 1. The number of amides is 1. The third-order valence-electron chi connectivity index (χ3n) is 6.24. The van der Waals surface area contributed by atoms with Crippen molar-refractivity contribution in [3.63, 3.8) is 0 Å². The predicted molar refractivity (Wildman–Crippen MR) is 117 cm³/mol. The van der Waals surface area contributed by atoms with Crippen LogP contribution >= 0.6 is 0 Å². The monoisotopic (exact) mass is 461 g/mol. The zero-order valence-corrected chi connectivity index (χ0v) is 19.0. The van der Waals surface area contributed by atoms with Crippen molar-refractivity contribution in [2.75, 3.05) is 13.2 Å². The number of pyridine rings is 1. The Morgan fingerprint density at radius 3 is 2.72 bits per heavy atom. The molecule has 1 fully saturated rings. The number of aliphatic hydroxyl groups is 1. The maximum absolute atomic E-state index is 13.7. The number of hydrogen-bond donors (Lipinski definition) is 2. The summed E-state index contributed by atoms with van der Waals surface area (Å²) in [5.41, 5.74) is 0.664. The zero-order chi connectivity index (χ0) is 23.2. The molecule has 2 aromatic rings. The Balaban J connectivity index is 1.94. The first-order valence-electron chi connectivity index (χ1n) is 10.5. The Morgan fingerprint density at radius 1 is 1.38 bits per heavy atom. The number of allylic oxidation sites excluding steroid dienone is 1. The van der Waals surface area contributed by atoms with Crippen molar-refractivity contribution >= 4 is 22.0 Å². The van der Waals surface area contributed by atoms with Gasteiger partial charge >= 0.3 is 0 Å². The maximum Gasteiger partial charge on any atom is 0.263 e. The van der Waals surface area contributed by atoms with Gasteiger partial charge in [0.1, 0.15) is 0 Å². The van der Waals surface area contributed by atoms with Crippen molar-refractivity contribution < 1.29 is 18.3 Å². The van der Waals surface area contributed by atoms with Gasteiger partial charge in [0.2, 0.25) is 5.91 Å². The number of carbonyl (C=O) groups is 1. The summed E-state index contributed by atoms with van der Waals surface area (Å²) in [6.45, 7) is 3.61. The summed E-state index contributed by atoms with van der Waals surface area (Å²) in [6, 6.07) is 1.64. The molecule has 2 aromatic heterocycles. The van der Waals surface area contributed by atoms with Crippen molar-refractivity contribution in [2.24, 2.45) is 18.9 Å². The Kier molecular flexibility index (Phi) is 5.82. The summed E-state index contributed by atoms with van der Waals surface area (Å²) in [5.74, 6) is -1.86. The molecule has 2 N–H and O–H groups in total. The largest absolute Gasteiger partial charge is 0.396 e. The molecule has 1 amide bonds. The second kappa shape index (κ2) is 8.30. The summed E-state index contributed by atoms with van der Waals surface area (Å²) in [4.78, 5) is 30.2. The van der Waals surface area contributed by atoms with E-state index >= 15 is 0 Å². The summed E-state index contributed by atoms with van der Waals surface area (Å²) in [5, 5.41) is 12.9. The molecule has 1 saturated heterocycles. The second-order valence-electron chi connectivity index (χ2n) is 8.12. The molecule has 10 nitrogen and oxygen atoms in total. The average molecular weight is 462 g/mol. The topological polar surface area (TPSA) is 127 Å². The zero-order valence-electron chi connectivity index (χ0n) is 18.2. The van der Waals surface area contributed by atoms with Crippen LogP contribution in [0, 0.1) is 11.8 Å². The van der Waals surface area contributed by atoms with Crippen LogP contribution in [0.25, 0.3) is 6.08 Å². The number of carbonyl (C=O) groups excluding carboxylic acids is 1. The van der Waals surface area contributed by atoms with Gasteiger partial charge in [-0.1, -0.05) is 12.2 Å². The molecule has 0 radical (unpaired) electrons. The van der Waals surface area contributed by atoms with E-state index in [0.717, 1.165) is 0 Å². The number of aromatic nitrogens is 3. The number of sulfonamides is 1. The highest BCUT2D eigenvalue weighted by molar-refractivity contribution is 7.89. The van der Waals surface area contributed by atoms with E-state index in [1.165, 1.54) is 26.0 Å². The lowest BCUT2D eigenvalue weighted by molar-refractivity contribution is -0.127. The average Bonchev–Trinajstić information content (AvgIpc) is 3.30. The molecule has 172 valence electrons. The fraction of sp³-hybridized carbons (Fsp3) is 0.476. The van der Waals surface area contributed by atoms with Crippen molar-refractivity contribution in [3.8, 4) is 0 Å². The van der Waals surface area contributed by atoms with Gasteiger partial charge in [-0.2, -0.15) is 4.31 Å². The lowest BCUT2D eigenvalue weighted by Crippen LogP contribution is -2.49. The molecule has 2 bridgehead atoms. The molecule has 2 aliphatic rings. The number of nitrogens with zero attached hydrogens (tertiary/aromatic N) is 4. The smallest absolute Gasteiger partial charge is 0.263 e. The van der Waals surface area contributed by atoms with Crippen LogP contribution in [0.3, 0.4) is 0 Å². The van der Waals surface area contributed by atoms with E-state index in [4.69, 9.17) is 0 Å². The maximum atomic E-state index is 13.7. The Hall–Kier alpha value is -2.76. The van der Waals surface area contributed by atoms with Crippen molar-refractivity contribution in [1.82, 2.24) is 23.7 Å². The van der Waals surface area contributed by atoms with E-state index in [1.54, 1.807) is 45.2 Å². The van der Waals surface area contributed by atoms with Crippen LogP contribution in [-0.2, 0) is 28.4 Å². The number of imidazole rings is 1. The van der Waals surface area contributed by atoms with Gasteiger partial charge in [0.15, 0.2) is 5.03 Å². The first-order valence-corrected chi connectivity index (χ1v) is 12.0. The summed E-state index contributed by atoms with van der Waals surface area (Å²) in [6.07, 6.45) is 6.25. The van der Waals surface area contributed by atoms with Crippen molar-refractivity contribution in [3.05, 3.63) is 52.3 Å². The third kappa shape index (κ3) is 3.31. The number of nitrogens with one attached hydrogen (secondary N) is 1. The molecule has 2 aliphatic heterocycles. The highest BCUT2D eigenvalue weighted by Gasteiger charge is 2.60. The van der Waals surface area contributed by atoms with Crippen molar-refractivity contribution in [2.45, 2.75) is 37.5 Å². The number of rotatable bonds is 6. The van der Waals surface area contributed by atoms with Gasteiger partial charge in [-0.15, -0.1) is 0 Å². The van der Waals surface area contributed by atoms with Gasteiger partial charge in [-0.25, -0.2) is 13.4 Å². The van der Waals surface area contributed by atoms with Crippen LogP contribution in [0.4, 0.5) is 0 Å². The Morgan fingerprint density at radius 2 is 2.12 bits per heavy atom. The van der Waals surface area contributed by atoms with Crippen LogP contribution in [0.5, 0.6) is 0 Å². The molecule has 4 rings (SSSR count). The SMILES string of the molecule is C/C=C\c1ccc2n(c1=O)C[C@H]1[C@H](CO)[C@@H](C(=O)NCC)[C@@H]2N1S(=O)(=O)c1cn(C)cn1. The first kappa shape index (κ1) is 22.4. The highest BCUT2D eigenvalue weighted by atomic mass is 32.2. The normalized spacial score (nSPS) is 25.2. The minimum atomic E-state index is -4.10. The van der Waals surface area contributed by atoms with Gasteiger partial charge in [-0.3, -0.25) is 9.59 Å². The van der Waals surface area contributed by atoms with E-state index in [-0.39, 0.29) is 29.6 Å². The van der Waals surface area contributed by atoms with Crippen LogP contribution in [-0.4, -0.2) is 57.0 Å². The Bertz CT molecular complexity index is 1230. The summed E-state index contributed by atoms with van der Waals surface area (Å²) < 4.78 is 31.7. The minimum Gasteiger partial charge on any atom is -0.396 e. The third-order valence-corrected chi connectivity index (χ3v) is 8.03. The fourth-order valence-corrected chi connectivity index (χ4v) is 6.74. The van der Waals surface area contributed by atoms with E-state index in [0.29, 0.717) is 17.8 Å². The van der Waals surface area contributed by atoms with Crippen LogP contribution in [0.15, 0.2) is 40.6 Å². The molecule has 0 aromatic carbocycles. The minimum absolute atomic E-state index is 0.0449. The van der Waals surface area contributed by atoms with Crippen LogP contribution in [0.2, 0.25) is 0 Å². The molecule has 0 spiro atoms. The lowest BCUT2D eigenvalue weighted by Gasteiger charge is -2.36. The molecule has 0 unspecified atom stereocenters. The van der Waals surface area contributed by atoms with E-state index in [9.17, 15) is 23.1 Å². The molecular weight excluding hydrogens is 434 g/mol. The second-order valence-corrected chi connectivity index (χ2v) is 9.91. The molecule has 11 heteroatoms. The van der Waals surface area contributed by atoms with E-state index in [1.807, 2.05) is 0 Å². The number of aryl methyl sites for hydroxylation is 1. The van der Waals surface area contributed by atoms with Crippen LogP contribution in [0.1, 0.15) is 31.1 Å². The summed E-state index contributed by atoms with van der Waals surface area (Å²) in [7, 11) is -2.43. The van der Waals surface area contributed by atoms with Gasteiger partial charge in [0, 0.05) is 56.2 Å². The quantitative estimate of drug-likeness (QED) is 0.629. The molecule has 0 saturated carbocycles. The highest BCUT2D eigenvalue weighted by Crippen LogP contribution is 2.50. The Labute approximate surface area is 186 Å². The molecule has 4 heterocycles. The molecule has 4 atom stereocenters. The summed E-state index contributed by atoms with van der Waals surface area (Å²) >= 11 is 0. The lowest BCUT2D eigenvalue weighted by atomic mass is 9.86. The molecule has 0 aliphatic carbocycles. The van der Waals surface area contributed by atoms with E-state index in [2.05, 4.69) is 10.3 Å².